The van der Waals surface area contributed by atoms with Gasteiger partial charge in [0, 0.05) is 24.4 Å². The molecule has 2 aromatic heterocycles. The van der Waals surface area contributed by atoms with E-state index in [-0.39, 0.29) is 11.9 Å². The van der Waals surface area contributed by atoms with Crippen molar-refractivity contribution in [3.63, 3.8) is 0 Å². The highest BCUT2D eigenvalue weighted by molar-refractivity contribution is 5.91. The first-order chi connectivity index (χ1) is 8.66. The van der Waals surface area contributed by atoms with E-state index >= 15 is 0 Å². The van der Waals surface area contributed by atoms with Gasteiger partial charge in [0.2, 0.25) is 0 Å². The summed E-state index contributed by atoms with van der Waals surface area (Å²) in [5, 5.41) is 12.6. The maximum Gasteiger partial charge on any atom is 0.273 e. The monoisotopic (exact) mass is 245 g/mol. The SMILES string of the molecule is Cc1cccnc1C[C@H](C)NC(=O)c1cn[nH]n1. The minimum atomic E-state index is -0.232. The summed E-state index contributed by atoms with van der Waals surface area (Å²) in [6, 6.07) is 3.90. The van der Waals surface area contributed by atoms with E-state index in [0.717, 1.165) is 11.3 Å². The Morgan fingerprint density at radius 1 is 1.56 bits per heavy atom. The molecular weight excluding hydrogens is 230 g/mol. The van der Waals surface area contributed by atoms with E-state index in [1.54, 1.807) is 6.20 Å². The molecule has 0 aliphatic heterocycles. The van der Waals surface area contributed by atoms with Crippen molar-refractivity contribution < 1.29 is 4.79 Å². The number of carbonyl (C=O) groups excluding carboxylic acids is 1. The van der Waals surface area contributed by atoms with E-state index in [4.69, 9.17) is 0 Å². The molecule has 0 saturated heterocycles. The minimum Gasteiger partial charge on any atom is -0.348 e. The molecule has 1 atom stereocenters. The van der Waals surface area contributed by atoms with Crippen molar-refractivity contribution in [3.8, 4) is 0 Å². The van der Waals surface area contributed by atoms with Crippen LogP contribution in [0.15, 0.2) is 24.5 Å². The van der Waals surface area contributed by atoms with Crippen molar-refractivity contribution in [2.75, 3.05) is 0 Å². The summed E-state index contributed by atoms with van der Waals surface area (Å²) in [4.78, 5) is 16.0. The Bertz CT molecular complexity index is 523. The third kappa shape index (κ3) is 2.91. The Morgan fingerprint density at radius 2 is 2.39 bits per heavy atom. The topological polar surface area (TPSA) is 83.6 Å². The number of aryl methyl sites for hydroxylation is 1. The van der Waals surface area contributed by atoms with Crippen molar-refractivity contribution in [1.29, 1.82) is 0 Å². The largest absolute Gasteiger partial charge is 0.348 e. The fraction of sp³-hybridized carbons (Fsp3) is 0.333. The maximum absolute atomic E-state index is 11.7. The van der Waals surface area contributed by atoms with Gasteiger partial charge < -0.3 is 5.32 Å². The number of aromatic nitrogens is 4. The molecule has 2 heterocycles. The molecule has 0 aliphatic rings. The molecule has 0 spiro atoms. The summed E-state index contributed by atoms with van der Waals surface area (Å²) in [6.45, 7) is 3.95. The van der Waals surface area contributed by atoms with Gasteiger partial charge in [0.15, 0.2) is 5.69 Å². The first-order valence-electron chi connectivity index (χ1n) is 5.74. The summed E-state index contributed by atoms with van der Waals surface area (Å²) in [5.74, 6) is -0.232. The molecule has 18 heavy (non-hydrogen) atoms. The van der Waals surface area contributed by atoms with Crippen LogP contribution in [0, 0.1) is 6.92 Å². The maximum atomic E-state index is 11.7. The van der Waals surface area contributed by atoms with Gasteiger partial charge in [-0.25, -0.2) is 0 Å². The highest BCUT2D eigenvalue weighted by atomic mass is 16.2. The number of nitrogens with one attached hydrogen (secondary N) is 2. The predicted molar refractivity (Wildman–Crippen MR) is 66.0 cm³/mol. The standard InChI is InChI=1S/C12H15N5O/c1-8-4-3-5-13-10(8)6-9(2)15-12(18)11-7-14-17-16-11/h3-5,7,9H,6H2,1-2H3,(H,15,18)(H,14,16,17)/t9-/m0/s1. The lowest BCUT2D eigenvalue weighted by Crippen LogP contribution is -2.34. The zero-order valence-electron chi connectivity index (χ0n) is 10.3. The predicted octanol–water partition coefficient (Wildman–Crippen LogP) is 0.869. The second kappa shape index (κ2) is 5.39. The van der Waals surface area contributed by atoms with Crippen LogP contribution in [0.25, 0.3) is 0 Å². The van der Waals surface area contributed by atoms with Gasteiger partial charge >= 0.3 is 0 Å². The lowest BCUT2D eigenvalue weighted by atomic mass is 10.1. The average molecular weight is 245 g/mol. The molecule has 0 bridgehead atoms. The molecule has 94 valence electrons. The van der Waals surface area contributed by atoms with E-state index in [9.17, 15) is 4.79 Å². The summed E-state index contributed by atoms with van der Waals surface area (Å²) in [5.41, 5.74) is 2.41. The van der Waals surface area contributed by atoms with Crippen LogP contribution in [0.5, 0.6) is 0 Å². The lowest BCUT2D eigenvalue weighted by Gasteiger charge is -2.13. The highest BCUT2D eigenvalue weighted by Gasteiger charge is 2.13. The number of H-pyrrole nitrogens is 1. The molecule has 0 aliphatic carbocycles. The van der Waals surface area contributed by atoms with Crippen LogP contribution >= 0.6 is 0 Å². The number of rotatable bonds is 4. The molecule has 0 fully saturated rings. The number of pyridine rings is 1. The number of hydrogen-bond donors (Lipinski definition) is 2. The normalized spacial score (nSPS) is 12.1. The van der Waals surface area contributed by atoms with Crippen LogP contribution in [-0.2, 0) is 6.42 Å². The molecule has 0 saturated carbocycles. The summed E-state index contributed by atoms with van der Waals surface area (Å²) >= 11 is 0. The lowest BCUT2D eigenvalue weighted by molar-refractivity contribution is 0.0935. The van der Waals surface area contributed by atoms with Gasteiger partial charge in [0.25, 0.3) is 5.91 Å². The molecule has 0 aromatic carbocycles. The Hall–Kier alpha value is -2.24. The molecule has 1 amide bonds. The fourth-order valence-corrected chi connectivity index (χ4v) is 1.68. The zero-order chi connectivity index (χ0) is 13.0. The van der Waals surface area contributed by atoms with Crippen molar-refractivity contribution >= 4 is 5.91 Å². The fourth-order valence-electron chi connectivity index (χ4n) is 1.68. The van der Waals surface area contributed by atoms with Gasteiger partial charge in [-0.2, -0.15) is 15.4 Å². The quantitative estimate of drug-likeness (QED) is 0.837. The zero-order valence-corrected chi connectivity index (χ0v) is 10.3. The Balaban J connectivity index is 1.95. The van der Waals surface area contributed by atoms with Crippen molar-refractivity contribution in [2.24, 2.45) is 0 Å². The summed E-state index contributed by atoms with van der Waals surface area (Å²) in [6.07, 6.45) is 3.85. The van der Waals surface area contributed by atoms with E-state index in [1.807, 2.05) is 26.0 Å². The van der Waals surface area contributed by atoms with Crippen LogP contribution in [-0.4, -0.2) is 32.3 Å². The Labute approximate surface area is 105 Å². The van der Waals surface area contributed by atoms with Gasteiger partial charge in [-0.3, -0.25) is 9.78 Å². The van der Waals surface area contributed by atoms with Crippen LogP contribution in [0.1, 0.15) is 28.7 Å². The van der Waals surface area contributed by atoms with Gasteiger partial charge in [0.1, 0.15) is 0 Å². The van der Waals surface area contributed by atoms with E-state index in [1.165, 1.54) is 6.20 Å². The summed E-state index contributed by atoms with van der Waals surface area (Å²) < 4.78 is 0. The molecule has 6 heteroatoms. The van der Waals surface area contributed by atoms with Crippen LogP contribution in [0.4, 0.5) is 0 Å². The number of aromatic amines is 1. The smallest absolute Gasteiger partial charge is 0.273 e. The molecular formula is C12H15N5O. The number of nitrogens with zero attached hydrogens (tertiary/aromatic N) is 3. The number of hydrogen-bond acceptors (Lipinski definition) is 4. The third-order valence-corrected chi connectivity index (χ3v) is 2.64. The Morgan fingerprint density at radius 3 is 3.06 bits per heavy atom. The first-order valence-corrected chi connectivity index (χ1v) is 5.74. The molecule has 2 aromatic rings. The van der Waals surface area contributed by atoms with Crippen LogP contribution in [0.3, 0.4) is 0 Å². The van der Waals surface area contributed by atoms with Gasteiger partial charge in [-0.05, 0) is 25.5 Å². The Kier molecular flexibility index (Phi) is 3.66. The molecule has 2 N–H and O–H groups in total. The van der Waals surface area contributed by atoms with Gasteiger partial charge in [-0.15, -0.1) is 0 Å². The van der Waals surface area contributed by atoms with Crippen molar-refractivity contribution in [1.82, 2.24) is 25.7 Å². The number of carbonyl (C=O) groups is 1. The van der Waals surface area contributed by atoms with Crippen LogP contribution < -0.4 is 5.32 Å². The van der Waals surface area contributed by atoms with E-state index in [2.05, 4.69) is 25.7 Å². The third-order valence-electron chi connectivity index (χ3n) is 2.64. The first kappa shape index (κ1) is 12.2. The summed E-state index contributed by atoms with van der Waals surface area (Å²) in [7, 11) is 0. The molecule has 2 rings (SSSR count). The molecule has 0 radical (unpaired) electrons. The molecule has 0 unspecified atom stereocenters. The van der Waals surface area contributed by atoms with E-state index < -0.39 is 0 Å². The second-order valence-corrected chi connectivity index (χ2v) is 4.20. The van der Waals surface area contributed by atoms with E-state index in [0.29, 0.717) is 12.1 Å². The number of amides is 1. The van der Waals surface area contributed by atoms with Gasteiger partial charge in [0.05, 0.1) is 6.20 Å². The highest BCUT2D eigenvalue weighted by Crippen LogP contribution is 2.06. The second-order valence-electron chi connectivity index (χ2n) is 4.20. The van der Waals surface area contributed by atoms with Crippen molar-refractivity contribution in [2.45, 2.75) is 26.3 Å². The van der Waals surface area contributed by atoms with Gasteiger partial charge in [-0.1, -0.05) is 6.07 Å². The van der Waals surface area contributed by atoms with Crippen LogP contribution in [0.2, 0.25) is 0 Å². The average Bonchev–Trinajstić information content (AvgIpc) is 2.85. The minimum absolute atomic E-state index is 0.0113. The van der Waals surface area contributed by atoms with Crippen molar-refractivity contribution in [3.05, 3.63) is 41.5 Å². The molecule has 6 nitrogen and oxygen atoms in total.